The van der Waals surface area contributed by atoms with Crippen LogP contribution in [0.5, 0.6) is 0 Å². The number of rotatable bonds is 2. The third-order valence-electron chi connectivity index (χ3n) is 3.91. The fourth-order valence-electron chi connectivity index (χ4n) is 2.54. The van der Waals surface area contributed by atoms with Crippen molar-refractivity contribution in [2.75, 3.05) is 5.32 Å². The van der Waals surface area contributed by atoms with E-state index < -0.39 is 0 Å². The molecule has 0 radical (unpaired) electrons. The number of aromatic nitrogens is 2. The Morgan fingerprint density at radius 2 is 2.10 bits per heavy atom. The van der Waals surface area contributed by atoms with Gasteiger partial charge in [0, 0.05) is 24.8 Å². The van der Waals surface area contributed by atoms with E-state index in [4.69, 9.17) is 0 Å². The first-order valence-corrected chi connectivity index (χ1v) is 7.08. The number of fused-ring (bicyclic) bond motifs is 1. The molecule has 104 valence electrons. The number of aryl methyl sites for hydroxylation is 4. The van der Waals surface area contributed by atoms with E-state index in [1.54, 1.807) is 0 Å². The first kappa shape index (κ1) is 12.9. The van der Waals surface area contributed by atoms with E-state index in [1.807, 2.05) is 31.3 Å². The summed E-state index contributed by atoms with van der Waals surface area (Å²) >= 11 is 0. The van der Waals surface area contributed by atoms with Crippen LogP contribution in [-0.4, -0.2) is 15.5 Å². The van der Waals surface area contributed by atoms with Crippen molar-refractivity contribution >= 4 is 11.6 Å². The lowest BCUT2D eigenvalue weighted by Crippen LogP contribution is -2.12. The SMILES string of the molecule is Cc1ccc(NC(=O)c2cn3c(n2)CCCC3)cc1C. The molecule has 2 heterocycles. The zero-order valence-electron chi connectivity index (χ0n) is 11.9. The average molecular weight is 269 g/mol. The quantitative estimate of drug-likeness (QED) is 0.910. The van der Waals surface area contributed by atoms with E-state index in [0.29, 0.717) is 5.69 Å². The molecule has 0 spiro atoms. The highest BCUT2D eigenvalue weighted by molar-refractivity contribution is 6.02. The van der Waals surface area contributed by atoms with Gasteiger partial charge >= 0.3 is 0 Å². The van der Waals surface area contributed by atoms with Crippen LogP contribution in [0.15, 0.2) is 24.4 Å². The van der Waals surface area contributed by atoms with Gasteiger partial charge in [0.05, 0.1) is 0 Å². The number of carbonyl (C=O) groups is 1. The molecule has 0 unspecified atom stereocenters. The monoisotopic (exact) mass is 269 g/mol. The van der Waals surface area contributed by atoms with E-state index in [1.165, 1.54) is 17.5 Å². The lowest BCUT2D eigenvalue weighted by Gasteiger charge is -2.11. The van der Waals surface area contributed by atoms with Gasteiger partial charge in [-0.1, -0.05) is 6.07 Å². The van der Waals surface area contributed by atoms with Crippen molar-refractivity contribution in [2.24, 2.45) is 0 Å². The molecule has 0 bridgehead atoms. The van der Waals surface area contributed by atoms with E-state index in [-0.39, 0.29) is 5.91 Å². The van der Waals surface area contributed by atoms with Crippen molar-refractivity contribution in [1.82, 2.24) is 9.55 Å². The van der Waals surface area contributed by atoms with Crippen molar-refractivity contribution in [3.05, 3.63) is 47.0 Å². The van der Waals surface area contributed by atoms with E-state index in [9.17, 15) is 4.79 Å². The van der Waals surface area contributed by atoms with Gasteiger partial charge < -0.3 is 9.88 Å². The molecule has 1 aliphatic heterocycles. The Hall–Kier alpha value is -2.10. The van der Waals surface area contributed by atoms with Gasteiger partial charge in [-0.3, -0.25) is 4.79 Å². The van der Waals surface area contributed by atoms with Crippen LogP contribution >= 0.6 is 0 Å². The highest BCUT2D eigenvalue weighted by atomic mass is 16.1. The highest BCUT2D eigenvalue weighted by Crippen LogP contribution is 2.17. The minimum atomic E-state index is -0.129. The van der Waals surface area contributed by atoms with Crippen molar-refractivity contribution in [3.63, 3.8) is 0 Å². The maximum absolute atomic E-state index is 12.2. The van der Waals surface area contributed by atoms with Crippen molar-refractivity contribution in [1.29, 1.82) is 0 Å². The minimum absolute atomic E-state index is 0.129. The van der Waals surface area contributed by atoms with Gasteiger partial charge in [0.15, 0.2) is 0 Å². The standard InChI is InChI=1S/C16H19N3O/c1-11-6-7-13(9-12(11)2)17-16(20)14-10-19-8-4-3-5-15(19)18-14/h6-7,9-10H,3-5,8H2,1-2H3,(H,17,20). The second-order valence-corrected chi connectivity index (χ2v) is 5.45. The van der Waals surface area contributed by atoms with Crippen LogP contribution in [0.3, 0.4) is 0 Å². The molecule has 0 fully saturated rings. The third kappa shape index (κ3) is 2.46. The molecular formula is C16H19N3O. The Balaban J connectivity index is 1.78. The zero-order chi connectivity index (χ0) is 14.1. The topological polar surface area (TPSA) is 46.9 Å². The molecule has 4 nitrogen and oxygen atoms in total. The van der Waals surface area contributed by atoms with Gasteiger partial charge in [0.25, 0.3) is 5.91 Å². The lowest BCUT2D eigenvalue weighted by atomic mass is 10.1. The average Bonchev–Trinajstić information content (AvgIpc) is 2.87. The van der Waals surface area contributed by atoms with Crippen LogP contribution in [0.1, 0.15) is 40.3 Å². The van der Waals surface area contributed by atoms with Gasteiger partial charge in [-0.15, -0.1) is 0 Å². The number of imidazole rings is 1. The molecule has 1 aliphatic rings. The molecule has 3 rings (SSSR count). The molecular weight excluding hydrogens is 250 g/mol. The normalized spacial score (nSPS) is 13.9. The van der Waals surface area contributed by atoms with Crippen molar-refractivity contribution in [2.45, 2.75) is 39.7 Å². The first-order valence-electron chi connectivity index (χ1n) is 7.08. The van der Waals surface area contributed by atoms with Crippen molar-refractivity contribution in [3.8, 4) is 0 Å². The van der Waals surface area contributed by atoms with E-state index in [0.717, 1.165) is 30.9 Å². The summed E-state index contributed by atoms with van der Waals surface area (Å²) in [6, 6.07) is 5.93. The van der Waals surface area contributed by atoms with Crippen molar-refractivity contribution < 1.29 is 4.79 Å². The highest BCUT2D eigenvalue weighted by Gasteiger charge is 2.16. The molecule has 4 heteroatoms. The fraction of sp³-hybridized carbons (Fsp3) is 0.375. The van der Waals surface area contributed by atoms with Gasteiger partial charge in [0.1, 0.15) is 11.5 Å². The largest absolute Gasteiger partial charge is 0.334 e. The Morgan fingerprint density at radius 1 is 1.25 bits per heavy atom. The summed E-state index contributed by atoms with van der Waals surface area (Å²) in [5.41, 5.74) is 3.73. The maximum atomic E-state index is 12.2. The molecule has 0 saturated carbocycles. The second-order valence-electron chi connectivity index (χ2n) is 5.45. The molecule has 0 atom stereocenters. The maximum Gasteiger partial charge on any atom is 0.275 e. The lowest BCUT2D eigenvalue weighted by molar-refractivity contribution is 0.102. The minimum Gasteiger partial charge on any atom is -0.334 e. The Morgan fingerprint density at radius 3 is 2.85 bits per heavy atom. The number of benzene rings is 1. The van der Waals surface area contributed by atoms with Gasteiger partial charge in [-0.2, -0.15) is 0 Å². The molecule has 0 saturated heterocycles. The van der Waals surface area contributed by atoms with Crippen LogP contribution in [0, 0.1) is 13.8 Å². The summed E-state index contributed by atoms with van der Waals surface area (Å²) in [4.78, 5) is 16.7. The summed E-state index contributed by atoms with van der Waals surface area (Å²) in [7, 11) is 0. The third-order valence-corrected chi connectivity index (χ3v) is 3.91. The molecule has 1 aromatic heterocycles. The van der Waals surface area contributed by atoms with E-state index >= 15 is 0 Å². The summed E-state index contributed by atoms with van der Waals surface area (Å²) in [6.07, 6.45) is 5.17. The summed E-state index contributed by atoms with van der Waals surface area (Å²) < 4.78 is 2.10. The number of amides is 1. The van der Waals surface area contributed by atoms with Gasteiger partial charge in [0.2, 0.25) is 0 Å². The molecule has 20 heavy (non-hydrogen) atoms. The number of nitrogens with zero attached hydrogens (tertiary/aromatic N) is 2. The van der Waals surface area contributed by atoms with Crippen LogP contribution in [-0.2, 0) is 13.0 Å². The first-order chi connectivity index (χ1) is 9.63. The predicted octanol–water partition coefficient (Wildman–Crippen LogP) is 3.09. The molecule has 1 aromatic carbocycles. The summed E-state index contributed by atoms with van der Waals surface area (Å²) in [5.74, 6) is 0.900. The summed E-state index contributed by atoms with van der Waals surface area (Å²) in [5, 5.41) is 2.92. The smallest absolute Gasteiger partial charge is 0.275 e. The molecule has 1 N–H and O–H groups in total. The van der Waals surface area contributed by atoms with Crippen LogP contribution in [0.25, 0.3) is 0 Å². The van der Waals surface area contributed by atoms with Gasteiger partial charge in [-0.25, -0.2) is 4.98 Å². The summed E-state index contributed by atoms with van der Waals surface area (Å²) in [6.45, 7) is 5.07. The Bertz CT molecular complexity index is 634. The second kappa shape index (κ2) is 5.12. The van der Waals surface area contributed by atoms with Crippen LogP contribution < -0.4 is 5.32 Å². The zero-order valence-corrected chi connectivity index (χ0v) is 11.9. The number of nitrogens with one attached hydrogen (secondary N) is 1. The molecule has 1 amide bonds. The predicted molar refractivity (Wildman–Crippen MR) is 79.0 cm³/mol. The number of anilines is 1. The number of hydrogen-bond acceptors (Lipinski definition) is 2. The Labute approximate surface area is 118 Å². The van der Waals surface area contributed by atoms with Crippen LogP contribution in [0.2, 0.25) is 0 Å². The van der Waals surface area contributed by atoms with Crippen LogP contribution in [0.4, 0.5) is 5.69 Å². The number of carbonyl (C=O) groups excluding carboxylic acids is 1. The Kier molecular flexibility index (Phi) is 3.30. The number of hydrogen-bond donors (Lipinski definition) is 1. The fourth-order valence-corrected chi connectivity index (χ4v) is 2.54. The van der Waals surface area contributed by atoms with Gasteiger partial charge in [-0.05, 0) is 49.9 Å². The molecule has 0 aliphatic carbocycles. The molecule has 2 aromatic rings. The van der Waals surface area contributed by atoms with E-state index in [2.05, 4.69) is 21.8 Å².